The fraction of sp³-hybridized carbons (Fsp3) is 0.235. The molecule has 0 bridgehead atoms. The topological polar surface area (TPSA) is 49.8 Å². The van der Waals surface area contributed by atoms with Crippen molar-refractivity contribution in [3.63, 3.8) is 0 Å². The van der Waals surface area contributed by atoms with Crippen LogP contribution < -0.4 is 9.64 Å². The maximum Gasteiger partial charge on any atom is 0.248 e. The summed E-state index contributed by atoms with van der Waals surface area (Å²) in [5, 5.41) is 9.30. The molecule has 1 saturated heterocycles. The number of methoxy groups -OCH3 is 1. The molecular weight excluding hydrogens is 302 g/mol. The van der Waals surface area contributed by atoms with Gasteiger partial charge in [-0.05, 0) is 36.8 Å². The van der Waals surface area contributed by atoms with Crippen LogP contribution >= 0.6 is 11.6 Å². The van der Waals surface area contributed by atoms with Crippen LogP contribution in [-0.2, 0) is 4.79 Å². The molecule has 114 valence electrons. The zero-order chi connectivity index (χ0) is 15.9. The number of halogens is 1. The largest absolute Gasteiger partial charge is 0.504 e. The van der Waals surface area contributed by atoms with Gasteiger partial charge in [0.15, 0.2) is 11.5 Å². The highest BCUT2D eigenvalue weighted by Crippen LogP contribution is 2.43. The molecule has 0 radical (unpaired) electrons. The summed E-state index contributed by atoms with van der Waals surface area (Å²) >= 11 is 6.20. The number of amides is 1. The first kappa shape index (κ1) is 14.7. The Morgan fingerprint density at radius 2 is 1.86 bits per heavy atom. The van der Waals surface area contributed by atoms with Gasteiger partial charge in [0.05, 0.1) is 13.2 Å². The fourth-order valence-corrected chi connectivity index (χ4v) is 3.02. The van der Waals surface area contributed by atoms with Crippen LogP contribution in [0.2, 0.25) is 0 Å². The van der Waals surface area contributed by atoms with Crippen LogP contribution in [0.3, 0.4) is 0 Å². The summed E-state index contributed by atoms with van der Waals surface area (Å²) in [6.07, 6.45) is 0. The first-order valence-corrected chi connectivity index (χ1v) is 7.37. The molecule has 22 heavy (non-hydrogen) atoms. The Morgan fingerprint density at radius 3 is 2.45 bits per heavy atom. The molecule has 1 N–H and O–H groups in total. The van der Waals surface area contributed by atoms with Crippen molar-refractivity contribution in [3.05, 3.63) is 53.6 Å². The Bertz CT molecular complexity index is 714. The van der Waals surface area contributed by atoms with E-state index in [2.05, 4.69) is 0 Å². The molecule has 1 aliphatic heterocycles. The van der Waals surface area contributed by atoms with E-state index in [0.717, 1.165) is 16.8 Å². The lowest BCUT2D eigenvalue weighted by atomic mass is 9.92. The molecule has 1 fully saturated rings. The molecule has 0 saturated carbocycles. The van der Waals surface area contributed by atoms with E-state index in [1.165, 1.54) is 7.11 Å². The van der Waals surface area contributed by atoms with Crippen LogP contribution in [0.5, 0.6) is 11.5 Å². The first-order chi connectivity index (χ1) is 10.5. The lowest BCUT2D eigenvalue weighted by Gasteiger charge is -2.44. The number of aromatic hydroxyl groups is 1. The van der Waals surface area contributed by atoms with Gasteiger partial charge in [-0.3, -0.25) is 4.79 Å². The Kier molecular flexibility index (Phi) is 3.71. The number of anilines is 1. The van der Waals surface area contributed by atoms with Gasteiger partial charge in [0, 0.05) is 5.69 Å². The van der Waals surface area contributed by atoms with Crippen LogP contribution in [0.25, 0.3) is 0 Å². The summed E-state index contributed by atoms with van der Waals surface area (Å²) in [5.41, 5.74) is 2.70. The summed E-state index contributed by atoms with van der Waals surface area (Å²) in [6, 6.07) is 12.5. The Labute approximate surface area is 133 Å². The number of carbonyl (C=O) groups is 1. The minimum atomic E-state index is -0.630. The van der Waals surface area contributed by atoms with Gasteiger partial charge in [0.1, 0.15) is 5.38 Å². The van der Waals surface area contributed by atoms with Crippen molar-refractivity contribution in [1.29, 1.82) is 0 Å². The number of rotatable bonds is 3. The number of phenols is 1. The number of ether oxygens (including phenoxy) is 1. The van der Waals surface area contributed by atoms with Gasteiger partial charge in [-0.15, -0.1) is 11.6 Å². The van der Waals surface area contributed by atoms with E-state index >= 15 is 0 Å². The van der Waals surface area contributed by atoms with Crippen molar-refractivity contribution in [3.8, 4) is 11.5 Å². The summed E-state index contributed by atoms with van der Waals surface area (Å²) < 4.78 is 5.04. The van der Waals surface area contributed by atoms with E-state index < -0.39 is 5.38 Å². The van der Waals surface area contributed by atoms with Gasteiger partial charge in [-0.25, -0.2) is 0 Å². The number of hydrogen-bond acceptors (Lipinski definition) is 3. The van der Waals surface area contributed by atoms with Gasteiger partial charge in [0.2, 0.25) is 5.91 Å². The van der Waals surface area contributed by atoms with Crippen molar-refractivity contribution in [2.45, 2.75) is 18.3 Å². The molecule has 4 nitrogen and oxygen atoms in total. The number of alkyl halides is 1. The average molecular weight is 318 g/mol. The number of carbonyl (C=O) groups excluding carboxylic acids is 1. The van der Waals surface area contributed by atoms with E-state index in [-0.39, 0.29) is 17.7 Å². The smallest absolute Gasteiger partial charge is 0.248 e. The molecule has 0 aromatic heterocycles. The number of nitrogens with zero attached hydrogens (tertiary/aromatic N) is 1. The van der Waals surface area contributed by atoms with E-state index in [4.69, 9.17) is 16.3 Å². The highest BCUT2D eigenvalue weighted by Gasteiger charge is 2.48. The zero-order valence-electron chi connectivity index (χ0n) is 12.3. The van der Waals surface area contributed by atoms with Crippen molar-refractivity contribution in [2.24, 2.45) is 0 Å². The average Bonchev–Trinajstić information content (AvgIpc) is 2.52. The van der Waals surface area contributed by atoms with E-state index in [0.29, 0.717) is 5.75 Å². The van der Waals surface area contributed by atoms with Crippen molar-refractivity contribution in [2.75, 3.05) is 12.0 Å². The summed E-state index contributed by atoms with van der Waals surface area (Å²) in [5.74, 6) is 0.292. The van der Waals surface area contributed by atoms with E-state index in [9.17, 15) is 9.90 Å². The van der Waals surface area contributed by atoms with Gasteiger partial charge in [-0.2, -0.15) is 0 Å². The molecular formula is C17H16ClNO3. The Morgan fingerprint density at radius 1 is 1.18 bits per heavy atom. The second-order valence-electron chi connectivity index (χ2n) is 5.32. The predicted molar refractivity (Wildman–Crippen MR) is 85.7 cm³/mol. The molecule has 2 atom stereocenters. The molecule has 0 aliphatic carbocycles. The molecule has 2 aromatic carbocycles. The second-order valence-corrected chi connectivity index (χ2v) is 5.79. The standard InChI is InChI=1S/C17H16ClNO3/c1-10-3-6-12(7-4-10)19-16(15(18)17(19)21)11-5-8-14(22-2)13(20)9-11/h3-9,15-16,20H,1-2H3/t15-,16-/m1/s1. The normalized spacial score (nSPS) is 20.7. The maximum absolute atomic E-state index is 12.1. The number of phenolic OH excluding ortho intramolecular Hbond substituents is 1. The van der Waals surface area contributed by atoms with E-state index in [1.807, 2.05) is 37.3 Å². The Balaban J connectivity index is 1.96. The van der Waals surface area contributed by atoms with Crippen LogP contribution in [0.15, 0.2) is 42.5 Å². The lowest BCUT2D eigenvalue weighted by Crippen LogP contribution is -2.56. The highest BCUT2D eigenvalue weighted by molar-refractivity contribution is 6.37. The minimum Gasteiger partial charge on any atom is -0.504 e. The zero-order valence-corrected chi connectivity index (χ0v) is 13.0. The van der Waals surface area contributed by atoms with Crippen molar-refractivity contribution < 1.29 is 14.6 Å². The molecule has 1 aliphatic rings. The highest BCUT2D eigenvalue weighted by atomic mass is 35.5. The summed E-state index contributed by atoms with van der Waals surface area (Å²) in [7, 11) is 1.49. The quantitative estimate of drug-likeness (QED) is 0.697. The second kappa shape index (κ2) is 5.54. The molecule has 2 aromatic rings. The lowest BCUT2D eigenvalue weighted by molar-refractivity contribution is -0.123. The number of β-lactam (4-membered cyclic amide) rings is 1. The predicted octanol–water partition coefficient (Wildman–Crippen LogP) is 3.40. The molecule has 0 spiro atoms. The molecule has 5 heteroatoms. The Hall–Kier alpha value is -2.20. The molecule has 1 amide bonds. The van der Waals surface area contributed by atoms with Gasteiger partial charge in [-0.1, -0.05) is 23.8 Å². The molecule has 0 unspecified atom stereocenters. The third-order valence-corrected chi connectivity index (χ3v) is 4.31. The van der Waals surface area contributed by atoms with E-state index in [1.54, 1.807) is 17.0 Å². The van der Waals surface area contributed by atoms with Crippen LogP contribution in [-0.4, -0.2) is 23.5 Å². The number of hydrogen-bond donors (Lipinski definition) is 1. The van der Waals surface area contributed by atoms with Crippen LogP contribution in [0.1, 0.15) is 17.2 Å². The van der Waals surface area contributed by atoms with Gasteiger partial charge in [0.25, 0.3) is 0 Å². The minimum absolute atomic E-state index is 0.0343. The third kappa shape index (κ3) is 2.29. The first-order valence-electron chi connectivity index (χ1n) is 6.93. The summed E-state index contributed by atoms with van der Waals surface area (Å²) in [6.45, 7) is 1.99. The maximum atomic E-state index is 12.1. The third-order valence-electron chi connectivity index (χ3n) is 3.89. The summed E-state index contributed by atoms with van der Waals surface area (Å²) in [4.78, 5) is 13.8. The van der Waals surface area contributed by atoms with Gasteiger partial charge < -0.3 is 14.7 Å². The van der Waals surface area contributed by atoms with Crippen LogP contribution in [0.4, 0.5) is 5.69 Å². The monoisotopic (exact) mass is 317 g/mol. The van der Waals surface area contributed by atoms with Crippen molar-refractivity contribution in [1.82, 2.24) is 0 Å². The number of benzene rings is 2. The van der Waals surface area contributed by atoms with Gasteiger partial charge >= 0.3 is 0 Å². The number of aryl methyl sites for hydroxylation is 1. The fourth-order valence-electron chi connectivity index (χ4n) is 2.66. The van der Waals surface area contributed by atoms with Crippen LogP contribution in [0, 0.1) is 6.92 Å². The molecule has 1 heterocycles. The SMILES string of the molecule is COc1ccc([C@@H]2[C@@H](Cl)C(=O)N2c2ccc(C)cc2)cc1O. The molecule has 3 rings (SSSR count). The van der Waals surface area contributed by atoms with Crippen molar-refractivity contribution >= 4 is 23.2 Å².